The van der Waals surface area contributed by atoms with E-state index in [1.807, 2.05) is 72.8 Å². The van der Waals surface area contributed by atoms with Gasteiger partial charge in [0.25, 0.3) is 5.91 Å². The zero-order valence-electron chi connectivity index (χ0n) is 13.3. The van der Waals surface area contributed by atoms with Crippen molar-refractivity contribution in [2.24, 2.45) is 0 Å². The van der Waals surface area contributed by atoms with Gasteiger partial charge in [-0.15, -0.1) is 0 Å². The maximum absolute atomic E-state index is 12.8. The number of hydrogen-bond acceptors (Lipinski definition) is 3. The monoisotopic (exact) mass is 394 g/mol. The molecule has 1 aliphatic rings. The molecule has 25 heavy (non-hydrogen) atoms. The van der Waals surface area contributed by atoms with E-state index in [2.05, 4.69) is 20.9 Å². The number of rotatable bonds is 3. The first-order valence-electron chi connectivity index (χ1n) is 7.95. The summed E-state index contributed by atoms with van der Waals surface area (Å²) in [5.41, 5.74) is 2.05. The molecule has 124 valence electrons. The lowest BCUT2D eigenvalue weighted by Gasteiger charge is -2.35. The molecule has 4 nitrogen and oxygen atoms in total. The molecule has 0 saturated carbocycles. The van der Waals surface area contributed by atoms with Crippen LogP contribution in [-0.4, -0.2) is 17.5 Å². The van der Waals surface area contributed by atoms with Gasteiger partial charge in [0, 0.05) is 0 Å². The topological polar surface area (TPSA) is 42.4 Å². The van der Waals surface area contributed by atoms with E-state index < -0.39 is 0 Å². The number of hydrogen-bond donors (Lipinski definition) is 0. The Balaban J connectivity index is 1.91. The van der Waals surface area contributed by atoms with Crippen LogP contribution in [0.2, 0.25) is 0 Å². The first-order chi connectivity index (χ1) is 12.2. The van der Waals surface area contributed by atoms with Crippen LogP contribution in [0.15, 0.2) is 77.4 Å². The number of halogens is 1. The van der Waals surface area contributed by atoms with Gasteiger partial charge in [-0.25, -0.2) is 4.98 Å². The van der Waals surface area contributed by atoms with Gasteiger partial charge in [-0.3, -0.25) is 9.69 Å². The zero-order valence-corrected chi connectivity index (χ0v) is 14.9. The molecule has 0 spiro atoms. The first-order valence-corrected chi connectivity index (χ1v) is 8.74. The third-order valence-electron chi connectivity index (χ3n) is 4.14. The van der Waals surface area contributed by atoms with Gasteiger partial charge in [0.1, 0.15) is 4.60 Å². The van der Waals surface area contributed by atoms with Crippen LogP contribution >= 0.6 is 15.9 Å². The van der Waals surface area contributed by atoms with Gasteiger partial charge >= 0.3 is 0 Å². The molecule has 0 N–H and O–H groups in total. The summed E-state index contributed by atoms with van der Waals surface area (Å²) in [6.07, 6.45) is 0. The van der Waals surface area contributed by atoms with Gasteiger partial charge in [-0.1, -0.05) is 60.7 Å². The number of benzene rings is 2. The lowest BCUT2D eigenvalue weighted by molar-refractivity contribution is -0.121. The van der Waals surface area contributed by atoms with Crippen LogP contribution < -0.4 is 9.64 Å². The smallest absolute Gasteiger partial charge is 0.267 e. The summed E-state index contributed by atoms with van der Waals surface area (Å²) in [5, 5.41) is 0. The van der Waals surface area contributed by atoms with Gasteiger partial charge in [-0.05, 0) is 39.2 Å². The third-order valence-corrected chi connectivity index (χ3v) is 4.58. The molecule has 0 fully saturated rings. The zero-order chi connectivity index (χ0) is 17.2. The maximum Gasteiger partial charge on any atom is 0.267 e. The second kappa shape index (κ2) is 6.69. The molecule has 1 amide bonds. The summed E-state index contributed by atoms with van der Waals surface area (Å²) in [4.78, 5) is 19.0. The van der Waals surface area contributed by atoms with Crippen molar-refractivity contribution in [2.75, 3.05) is 11.5 Å². The molecular weight excluding hydrogens is 380 g/mol. The summed E-state index contributed by atoms with van der Waals surface area (Å²) in [6, 6.07) is 23.3. The lowest BCUT2D eigenvalue weighted by atomic mass is 9.96. The number of amides is 1. The fraction of sp³-hybridized carbons (Fsp3) is 0.100. The first kappa shape index (κ1) is 15.8. The van der Waals surface area contributed by atoms with Crippen molar-refractivity contribution >= 4 is 27.7 Å². The molecule has 1 aliphatic heterocycles. The average molecular weight is 395 g/mol. The minimum absolute atomic E-state index is 0.00643. The molecule has 4 rings (SSSR count). The summed E-state index contributed by atoms with van der Waals surface area (Å²) in [7, 11) is 0. The highest BCUT2D eigenvalue weighted by atomic mass is 79.9. The molecule has 0 bridgehead atoms. The van der Waals surface area contributed by atoms with Crippen LogP contribution in [0.25, 0.3) is 0 Å². The second-order valence-corrected chi connectivity index (χ2v) is 6.54. The number of ether oxygens (including phenoxy) is 1. The Kier molecular flexibility index (Phi) is 4.24. The Hall–Kier alpha value is -2.66. The van der Waals surface area contributed by atoms with E-state index in [1.165, 1.54) is 0 Å². The summed E-state index contributed by atoms with van der Waals surface area (Å²) < 4.78 is 6.23. The molecule has 2 heterocycles. The molecule has 0 unspecified atom stereocenters. The quantitative estimate of drug-likeness (QED) is 0.619. The number of carbonyl (C=O) groups is 1. The maximum atomic E-state index is 12.8. The van der Waals surface area contributed by atoms with E-state index in [-0.39, 0.29) is 18.6 Å². The highest BCUT2D eigenvalue weighted by Gasteiger charge is 2.34. The average Bonchev–Trinajstić information content (AvgIpc) is 2.66. The molecule has 2 aromatic carbocycles. The van der Waals surface area contributed by atoms with Gasteiger partial charge in [0.15, 0.2) is 18.2 Å². The molecule has 0 atom stereocenters. The highest BCUT2D eigenvalue weighted by Crippen LogP contribution is 2.39. The van der Waals surface area contributed by atoms with Gasteiger partial charge in [0.2, 0.25) is 0 Å². The van der Waals surface area contributed by atoms with Crippen molar-refractivity contribution in [1.82, 2.24) is 4.98 Å². The van der Waals surface area contributed by atoms with Crippen LogP contribution in [0.5, 0.6) is 5.75 Å². The second-order valence-electron chi connectivity index (χ2n) is 5.73. The Morgan fingerprint density at radius 3 is 2.12 bits per heavy atom. The van der Waals surface area contributed by atoms with Gasteiger partial charge in [0.05, 0.1) is 6.04 Å². The molecule has 0 saturated heterocycles. The van der Waals surface area contributed by atoms with Crippen molar-refractivity contribution in [3.8, 4) is 5.75 Å². The van der Waals surface area contributed by atoms with Crippen molar-refractivity contribution in [1.29, 1.82) is 0 Å². The molecular formula is C20H15BrN2O2. The van der Waals surface area contributed by atoms with Crippen LogP contribution in [0, 0.1) is 0 Å². The molecule has 1 aromatic heterocycles. The number of anilines is 1. The van der Waals surface area contributed by atoms with Crippen molar-refractivity contribution in [3.05, 3.63) is 88.5 Å². The van der Waals surface area contributed by atoms with Gasteiger partial charge < -0.3 is 4.74 Å². The summed E-state index contributed by atoms with van der Waals surface area (Å²) in [5.74, 6) is 1.03. The van der Waals surface area contributed by atoms with Crippen molar-refractivity contribution in [3.63, 3.8) is 0 Å². The third kappa shape index (κ3) is 3.03. The Morgan fingerprint density at radius 1 is 0.920 bits per heavy atom. The van der Waals surface area contributed by atoms with E-state index in [1.54, 1.807) is 4.90 Å². The lowest BCUT2D eigenvalue weighted by Crippen LogP contribution is -2.42. The minimum atomic E-state index is -0.264. The van der Waals surface area contributed by atoms with Crippen molar-refractivity contribution < 1.29 is 9.53 Å². The largest absolute Gasteiger partial charge is 0.480 e. The van der Waals surface area contributed by atoms with E-state index in [0.717, 1.165) is 11.1 Å². The number of pyridine rings is 1. The highest BCUT2D eigenvalue weighted by molar-refractivity contribution is 9.10. The number of aromatic nitrogens is 1. The van der Waals surface area contributed by atoms with Crippen LogP contribution in [0.4, 0.5) is 5.82 Å². The van der Waals surface area contributed by atoms with E-state index >= 15 is 0 Å². The van der Waals surface area contributed by atoms with E-state index in [9.17, 15) is 4.79 Å². The summed E-state index contributed by atoms with van der Waals surface area (Å²) in [6.45, 7) is 0.00643. The molecule has 0 radical (unpaired) electrons. The van der Waals surface area contributed by atoms with E-state index in [4.69, 9.17) is 4.74 Å². The van der Waals surface area contributed by atoms with Crippen LogP contribution in [0.3, 0.4) is 0 Å². The molecule has 0 aliphatic carbocycles. The number of nitrogens with zero attached hydrogens (tertiary/aromatic N) is 2. The minimum Gasteiger partial charge on any atom is -0.480 e. The number of carbonyl (C=O) groups excluding carboxylic acids is 1. The SMILES string of the molecule is O=C1COc2ccc(Br)nc2N1C(c1ccccc1)c1ccccc1. The molecule has 3 aromatic rings. The van der Waals surface area contributed by atoms with Gasteiger partial charge in [-0.2, -0.15) is 0 Å². The van der Waals surface area contributed by atoms with Crippen LogP contribution in [0.1, 0.15) is 17.2 Å². The predicted octanol–water partition coefficient (Wildman–Crippen LogP) is 4.36. The Bertz CT molecular complexity index is 861. The molecule has 5 heteroatoms. The summed E-state index contributed by atoms with van der Waals surface area (Å²) >= 11 is 3.39. The fourth-order valence-electron chi connectivity index (χ4n) is 3.05. The van der Waals surface area contributed by atoms with E-state index in [0.29, 0.717) is 16.2 Å². The number of fused-ring (bicyclic) bond motifs is 1. The Labute approximate surface area is 154 Å². The fourth-order valence-corrected chi connectivity index (χ4v) is 3.35. The predicted molar refractivity (Wildman–Crippen MR) is 99.6 cm³/mol. The van der Waals surface area contributed by atoms with Crippen LogP contribution in [-0.2, 0) is 4.79 Å². The standard InChI is InChI=1S/C20H15BrN2O2/c21-17-12-11-16-20(22-17)23(18(24)13-25-16)19(14-7-3-1-4-8-14)15-9-5-2-6-10-15/h1-12,19H,13H2. The normalized spacial score (nSPS) is 13.5. The van der Waals surface area contributed by atoms with Crippen molar-refractivity contribution in [2.45, 2.75) is 6.04 Å². The Morgan fingerprint density at radius 2 is 1.52 bits per heavy atom.